The van der Waals surface area contributed by atoms with Crippen LogP contribution in [0.1, 0.15) is 32.3 Å². The van der Waals surface area contributed by atoms with Gasteiger partial charge in [0.1, 0.15) is 0 Å². The van der Waals surface area contributed by atoms with Crippen LogP contribution < -0.4 is 14.8 Å². The van der Waals surface area contributed by atoms with E-state index in [4.69, 9.17) is 18.9 Å². The number of ether oxygens (including phenoxy) is 4. The summed E-state index contributed by atoms with van der Waals surface area (Å²) in [5.74, 6) is 0.274. The Morgan fingerprint density at radius 3 is 2.81 bits per heavy atom. The first-order valence-electron chi connectivity index (χ1n) is 9.05. The number of carbonyl (C=O) groups excluding carboxylic acids is 2. The molecule has 0 saturated carbocycles. The molecule has 0 aliphatic carbocycles. The summed E-state index contributed by atoms with van der Waals surface area (Å²) in [6.45, 7) is 4.72. The van der Waals surface area contributed by atoms with E-state index in [0.29, 0.717) is 18.0 Å². The van der Waals surface area contributed by atoms with E-state index in [0.717, 1.165) is 25.0 Å². The molecule has 1 heterocycles. The zero-order valence-corrected chi connectivity index (χ0v) is 16.0. The topological polar surface area (TPSA) is 83.1 Å². The van der Waals surface area contributed by atoms with Crippen molar-refractivity contribution in [2.75, 3.05) is 26.9 Å². The first-order valence-corrected chi connectivity index (χ1v) is 9.05. The number of benzene rings is 1. The highest BCUT2D eigenvalue weighted by Gasteiger charge is 2.16. The molecule has 2 rings (SSSR count). The molecule has 0 aromatic heterocycles. The van der Waals surface area contributed by atoms with Crippen molar-refractivity contribution in [1.82, 2.24) is 5.32 Å². The standard InChI is InChI=1S/C20H27NO6/c1-14(2)27-17-8-6-15(11-18(17)24-3)7-9-20(23)26-13-19(22)21-12-16-5-4-10-25-16/h6-9,11,14,16H,4-5,10,12-13H2,1-3H3,(H,21,22)/b9-7+/t16-/m0/s1. The van der Waals surface area contributed by atoms with E-state index < -0.39 is 5.97 Å². The van der Waals surface area contributed by atoms with Crippen LogP contribution in [0.5, 0.6) is 11.5 Å². The van der Waals surface area contributed by atoms with Crippen LogP contribution in [0.3, 0.4) is 0 Å². The van der Waals surface area contributed by atoms with Crippen molar-refractivity contribution in [2.24, 2.45) is 0 Å². The van der Waals surface area contributed by atoms with Crippen molar-refractivity contribution < 1.29 is 28.5 Å². The number of carbonyl (C=O) groups is 2. The summed E-state index contributed by atoms with van der Waals surface area (Å²) in [5, 5.41) is 2.69. The number of hydrogen-bond acceptors (Lipinski definition) is 6. The van der Waals surface area contributed by atoms with Crippen molar-refractivity contribution in [3.8, 4) is 11.5 Å². The monoisotopic (exact) mass is 377 g/mol. The predicted octanol–water partition coefficient (Wildman–Crippen LogP) is 2.33. The van der Waals surface area contributed by atoms with Crippen LogP contribution in [0.15, 0.2) is 24.3 Å². The van der Waals surface area contributed by atoms with Crippen LogP contribution in [-0.2, 0) is 19.1 Å². The minimum Gasteiger partial charge on any atom is -0.493 e. The van der Waals surface area contributed by atoms with Gasteiger partial charge < -0.3 is 24.3 Å². The lowest BCUT2D eigenvalue weighted by atomic mass is 10.2. The second-order valence-electron chi connectivity index (χ2n) is 6.46. The van der Waals surface area contributed by atoms with E-state index in [-0.39, 0.29) is 24.7 Å². The Balaban J connectivity index is 1.78. The smallest absolute Gasteiger partial charge is 0.331 e. The van der Waals surface area contributed by atoms with Crippen molar-refractivity contribution in [3.63, 3.8) is 0 Å². The van der Waals surface area contributed by atoms with E-state index in [1.54, 1.807) is 31.4 Å². The molecule has 1 fully saturated rings. The molecule has 1 N–H and O–H groups in total. The molecule has 148 valence electrons. The average Bonchev–Trinajstić information content (AvgIpc) is 3.17. The number of esters is 1. The molecular formula is C20H27NO6. The zero-order valence-electron chi connectivity index (χ0n) is 16.0. The lowest BCUT2D eigenvalue weighted by molar-refractivity contribution is -0.143. The third-order valence-electron chi connectivity index (χ3n) is 3.86. The lowest BCUT2D eigenvalue weighted by Gasteiger charge is -2.13. The Kier molecular flexibility index (Phi) is 8.13. The molecule has 1 aliphatic heterocycles. The lowest BCUT2D eigenvalue weighted by Crippen LogP contribution is -2.34. The second-order valence-corrected chi connectivity index (χ2v) is 6.46. The van der Waals surface area contributed by atoms with Gasteiger partial charge in [-0.15, -0.1) is 0 Å². The van der Waals surface area contributed by atoms with Gasteiger partial charge in [-0.05, 0) is 50.5 Å². The number of rotatable bonds is 9. The Morgan fingerprint density at radius 2 is 2.15 bits per heavy atom. The molecule has 1 saturated heterocycles. The fourth-order valence-corrected chi connectivity index (χ4v) is 2.57. The van der Waals surface area contributed by atoms with Gasteiger partial charge in [0.05, 0.1) is 19.3 Å². The van der Waals surface area contributed by atoms with Gasteiger partial charge in [0.2, 0.25) is 0 Å². The van der Waals surface area contributed by atoms with Crippen molar-refractivity contribution in [2.45, 2.75) is 38.9 Å². The quantitative estimate of drug-likeness (QED) is 0.525. The van der Waals surface area contributed by atoms with E-state index in [1.807, 2.05) is 13.8 Å². The van der Waals surface area contributed by atoms with E-state index in [9.17, 15) is 9.59 Å². The summed E-state index contributed by atoms with van der Waals surface area (Å²) < 4.78 is 21.3. The first-order chi connectivity index (χ1) is 13.0. The maximum atomic E-state index is 11.8. The van der Waals surface area contributed by atoms with Crippen LogP contribution in [0.2, 0.25) is 0 Å². The molecule has 1 atom stereocenters. The Bertz CT molecular complexity index is 664. The first kappa shape index (κ1) is 20.8. The number of amides is 1. The van der Waals surface area contributed by atoms with Gasteiger partial charge in [0.15, 0.2) is 18.1 Å². The van der Waals surface area contributed by atoms with Gasteiger partial charge in [-0.3, -0.25) is 4.79 Å². The van der Waals surface area contributed by atoms with Gasteiger partial charge in [-0.25, -0.2) is 4.79 Å². The molecule has 27 heavy (non-hydrogen) atoms. The van der Waals surface area contributed by atoms with Crippen molar-refractivity contribution >= 4 is 18.0 Å². The molecule has 0 unspecified atom stereocenters. The number of methoxy groups -OCH3 is 1. The van der Waals surface area contributed by atoms with Gasteiger partial charge in [0, 0.05) is 19.2 Å². The Morgan fingerprint density at radius 1 is 1.33 bits per heavy atom. The van der Waals surface area contributed by atoms with Gasteiger partial charge in [-0.1, -0.05) is 6.07 Å². The maximum Gasteiger partial charge on any atom is 0.331 e. The van der Waals surface area contributed by atoms with Gasteiger partial charge in [-0.2, -0.15) is 0 Å². The Labute approximate surface area is 159 Å². The van der Waals surface area contributed by atoms with E-state index >= 15 is 0 Å². The number of nitrogens with one attached hydrogen (secondary N) is 1. The summed E-state index contributed by atoms with van der Waals surface area (Å²) in [6, 6.07) is 5.34. The van der Waals surface area contributed by atoms with Crippen LogP contribution in [0.4, 0.5) is 0 Å². The third-order valence-corrected chi connectivity index (χ3v) is 3.86. The predicted molar refractivity (Wildman–Crippen MR) is 101 cm³/mol. The fourth-order valence-electron chi connectivity index (χ4n) is 2.57. The Hall–Kier alpha value is -2.54. The van der Waals surface area contributed by atoms with Crippen LogP contribution >= 0.6 is 0 Å². The molecule has 0 radical (unpaired) electrons. The summed E-state index contributed by atoms with van der Waals surface area (Å²) >= 11 is 0. The highest BCUT2D eigenvalue weighted by atomic mass is 16.5. The molecule has 1 aromatic carbocycles. The molecular weight excluding hydrogens is 350 g/mol. The average molecular weight is 377 g/mol. The summed E-state index contributed by atoms with van der Waals surface area (Å²) in [7, 11) is 1.56. The minimum absolute atomic E-state index is 0.0293. The van der Waals surface area contributed by atoms with Crippen LogP contribution in [0, 0.1) is 0 Å². The van der Waals surface area contributed by atoms with Crippen LogP contribution in [0.25, 0.3) is 6.08 Å². The van der Waals surface area contributed by atoms with E-state index in [2.05, 4.69) is 5.32 Å². The molecule has 1 aliphatic rings. The fraction of sp³-hybridized carbons (Fsp3) is 0.500. The molecule has 0 spiro atoms. The third kappa shape index (κ3) is 7.30. The van der Waals surface area contributed by atoms with Gasteiger partial charge in [0.25, 0.3) is 5.91 Å². The zero-order chi connectivity index (χ0) is 19.6. The highest BCUT2D eigenvalue weighted by Crippen LogP contribution is 2.29. The largest absolute Gasteiger partial charge is 0.493 e. The molecule has 1 amide bonds. The normalized spacial score (nSPS) is 16.5. The summed E-state index contributed by atoms with van der Waals surface area (Å²) in [4.78, 5) is 23.5. The SMILES string of the molecule is COc1cc(/C=C/C(=O)OCC(=O)NC[C@@H]2CCCO2)ccc1OC(C)C. The molecule has 1 aromatic rings. The van der Waals surface area contributed by atoms with E-state index in [1.165, 1.54) is 6.08 Å². The second kappa shape index (κ2) is 10.6. The summed E-state index contributed by atoms with van der Waals surface area (Å²) in [6.07, 6.45) is 4.89. The maximum absolute atomic E-state index is 11.8. The molecule has 7 heteroatoms. The molecule has 0 bridgehead atoms. The highest BCUT2D eigenvalue weighted by molar-refractivity contribution is 5.89. The molecule has 7 nitrogen and oxygen atoms in total. The van der Waals surface area contributed by atoms with Crippen molar-refractivity contribution in [1.29, 1.82) is 0 Å². The van der Waals surface area contributed by atoms with Crippen molar-refractivity contribution in [3.05, 3.63) is 29.8 Å². The minimum atomic E-state index is -0.594. The summed E-state index contributed by atoms with van der Waals surface area (Å²) in [5.41, 5.74) is 0.753. The van der Waals surface area contributed by atoms with Gasteiger partial charge >= 0.3 is 5.97 Å². The van der Waals surface area contributed by atoms with Crippen LogP contribution in [-0.4, -0.2) is 51.0 Å². The number of hydrogen-bond donors (Lipinski definition) is 1.